The molecule has 0 bridgehead atoms. The van der Waals surface area contributed by atoms with Crippen molar-refractivity contribution in [3.63, 3.8) is 0 Å². The van der Waals surface area contributed by atoms with E-state index in [-0.39, 0.29) is 5.97 Å². The topological polar surface area (TPSA) is 26.3 Å². The van der Waals surface area contributed by atoms with Gasteiger partial charge in [-0.1, -0.05) is 0 Å². The second kappa shape index (κ2) is 4.00. The van der Waals surface area contributed by atoms with Crippen LogP contribution in [0.1, 0.15) is 10.4 Å². The molecule has 1 rings (SSSR count). The van der Waals surface area contributed by atoms with Crippen LogP contribution in [0.3, 0.4) is 0 Å². The molecule has 0 unspecified atom stereocenters. The maximum absolute atomic E-state index is 11.4. The molecule has 0 spiro atoms. The van der Waals surface area contributed by atoms with Gasteiger partial charge in [-0.25, -0.2) is 0 Å². The summed E-state index contributed by atoms with van der Waals surface area (Å²) in [6, 6.07) is 1.87. The van der Waals surface area contributed by atoms with Gasteiger partial charge in [0.05, 0.1) is 0 Å². The van der Waals surface area contributed by atoms with Gasteiger partial charge in [0.25, 0.3) is 0 Å². The predicted octanol–water partition coefficient (Wildman–Crippen LogP) is 2.08. The Kier molecular flexibility index (Phi) is 3.40. The van der Waals surface area contributed by atoms with Gasteiger partial charge in [-0.15, -0.1) is 0 Å². The monoisotopic (exact) mass is 306 g/mol. The van der Waals surface area contributed by atoms with E-state index in [2.05, 4.69) is 14.8 Å². The molecule has 1 aromatic rings. The normalized spacial score (nSPS) is 11.4. The Bertz CT molecular complexity index is 312. The van der Waals surface area contributed by atoms with Gasteiger partial charge < -0.3 is 0 Å². The Labute approximate surface area is 86.8 Å². The van der Waals surface area contributed by atoms with Crippen molar-refractivity contribution in [2.24, 2.45) is 0 Å². The fourth-order valence-corrected chi connectivity index (χ4v) is 8.58. The maximum atomic E-state index is 11.4. The molecular weight excluding hydrogens is 291 g/mol. The zero-order valence-electron chi connectivity index (χ0n) is 8.38. The Morgan fingerprint density at radius 2 is 2.08 bits per heavy atom. The van der Waals surface area contributed by atoms with Crippen LogP contribution in [0.4, 0.5) is 0 Å². The third kappa shape index (κ3) is 2.46. The summed E-state index contributed by atoms with van der Waals surface area (Å²) in [5.41, 5.74) is 0.788. The molecule has 0 atom stereocenters. The first-order valence-electron chi connectivity index (χ1n) is 4.13. The van der Waals surface area contributed by atoms with Crippen molar-refractivity contribution in [3.8, 4) is 0 Å². The minimum atomic E-state index is -2.10. The summed E-state index contributed by atoms with van der Waals surface area (Å²) in [5, 5.41) is 1.98. The van der Waals surface area contributed by atoms with Crippen molar-refractivity contribution in [2.45, 2.75) is 14.8 Å². The average molecular weight is 305 g/mol. The molecule has 2 nitrogen and oxygen atoms in total. The van der Waals surface area contributed by atoms with Crippen LogP contribution in [0.5, 0.6) is 0 Å². The van der Waals surface area contributed by atoms with Gasteiger partial charge in [0.15, 0.2) is 0 Å². The van der Waals surface area contributed by atoms with E-state index in [0.717, 1.165) is 5.56 Å². The van der Waals surface area contributed by atoms with E-state index in [0.29, 0.717) is 0 Å². The molecule has 0 aliphatic heterocycles. The van der Waals surface area contributed by atoms with E-state index in [9.17, 15) is 4.79 Å². The van der Waals surface area contributed by atoms with E-state index in [1.165, 1.54) is 10.0 Å². The molecule has 0 aliphatic carbocycles. The molecule has 0 aromatic carbocycles. The Morgan fingerprint density at radius 3 is 2.54 bits per heavy atom. The van der Waals surface area contributed by atoms with E-state index < -0.39 is 18.4 Å². The molecule has 0 N–H and O–H groups in total. The van der Waals surface area contributed by atoms with Crippen molar-refractivity contribution >= 4 is 38.6 Å². The molecule has 0 saturated carbocycles. The predicted molar refractivity (Wildman–Crippen MR) is 58.6 cm³/mol. The molecule has 4 heteroatoms. The summed E-state index contributed by atoms with van der Waals surface area (Å²) in [6.45, 7) is 0. The summed E-state index contributed by atoms with van der Waals surface area (Å²) in [6.07, 6.45) is 0. The number of carbonyl (C=O) groups excluding carboxylic acids is 1. The average Bonchev–Trinajstić information content (AvgIpc) is 2.49. The van der Waals surface area contributed by atoms with Crippen molar-refractivity contribution in [2.75, 3.05) is 7.11 Å². The minimum absolute atomic E-state index is 0.192. The van der Waals surface area contributed by atoms with Gasteiger partial charge >= 0.3 is 87.0 Å². The Hall–Kier alpha value is -0.0313. The van der Waals surface area contributed by atoms with Gasteiger partial charge in [0.2, 0.25) is 0 Å². The first-order valence-corrected chi connectivity index (χ1v) is 15.0. The molecule has 0 saturated heterocycles. The van der Waals surface area contributed by atoms with E-state index in [4.69, 9.17) is 4.74 Å². The summed E-state index contributed by atoms with van der Waals surface area (Å²) in [7, 11) is 1.43. The van der Waals surface area contributed by atoms with E-state index in [1.807, 2.05) is 11.4 Å². The van der Waals surface area contributed by atoms with Gasteiger partial charge in [0, 0.05) is 0 Å². The van der Waals surface area contributed by atoms with Crippen molar-refractivity contribution in [1.82, 2.24) is 0 Å². The molecule has 1 heterocycles. The standard InChI is InChI=1S/C6H5O2S.3CH3.Sn/c1-8-6(7)5-2-3-9-4-5;;;;/h2-3H,1H3;3*1H3;. The second-order valence-electron chi connectivity index (χ2n) is 3.90. The van der Waals surface area contributed by atoms with E-state index >= 15 is 0 Å². The van der Waals surface area contributed by atoms with Gasteiger partial charge in [0.1, 0.15) is 0 Å². The number of carbonyl (C=O) groups is 1. The molecule has 0 amide bonds. The van der Waals surface area contributed by atoms with Crippen molar-refractivity contribution in [1.29, 1.82) is 0 Å². The van der Waals surface area contributed by atoms with Crippen molar-refractivity contribution in [3.05, 3.63) is 17.0 Å². The van der Waals surface area contributed by atoms with Crippen LogP contribution in [-0.2, 0) is 4.74 Å². The van der Waals surface area contributed by atoms with E-state index in [1.54, 1.807) is 11.3 Å². The zero-order chi connectivity index (χ0) is 10.1. The van der Waals surface area contributed by atoms with Crippen LogP contribution in [0.2, 0.25) is 14.8 Å². The SMILES string of the molecule is COC(=O)c1ccs[c]1[Sn]([CH3])([CH3])[CH3]. The molecule has 72 valence electrons. The third-order valence-electron chi connectivity index (χ3n) is 1.75. The third-order valence-corrected chi connectivity index (χ3v) is 12.3. The molecule has 1 aromatic heterocycles. The van der Waals surface area contributed by atoms with Crippen LogP contribution in [0.15, 0.2) is 11.4 Å². The number of esters is 1. The van der Waals surface area contributed by atoms with Crippen LogP contribution in [-0.4, -0.2) is 31.5 Å². The number of rotatable bonds is 2. The first-order chi connectivity index (χ1) is 5.96. The van der Waals surface area contributed by atoms with Gasteiger partial charge in [-0.3, -0.25) is 0 Å². The summed E-state index contributed by atoms with van der Waals surface area (Å²) >= 11 is -0.410. The van der Waals surface area contributed by atoms with Crippen LogP contribution in [0, 0.1) is 0 Å². The van der Waals surface area contributed by atoms with Gasteiger partial charge in [-0.05, 0) is 0 Å². The molecule has 0 radical (unpaired) electrons. The fourth-order valence-electron chi connectivity index (χ4n) is 1.16. The number of methoxy groups -OCH3 is 1. The molecular formula is C9H14O2SSn. The summed E-state index contributed by atoms with van der Waals surface area (Å²) in [5.74, 6) is -0.192. The van der Waals surface area contributed by atoms with Crippen LogP contribution < -0.4 is 2.89 Å². The van der Waals surface area contributed by atoms with Crippen LogP contribution >= 0.6 is 11.3 Å². The number of hydrogen-bond donors (Lipinski definition) is 0. The fraction of sp³-hybridized carbons (Fsp3) is 0.444. The molecule has 0 aliphatic rings. The quantitative estimate of drug-likeness (QED) is 0.618. The number of thiophene rings is 1. The number of hydrogen-bond acceptors (Lipinski definition) is 3. The summed E-state index contributed by atoms with van der Waals surface area (Å²) < 4.78 is 6.02. The first kappa shape index (κ1) is 11.0. The molecule has 0 fully saturated rings. The van der Waals surface area contributed by atoms with Gasteiger partial charge in [-0.2, -0.15) is 0 Å². The second-order valence-corrected chi connectivity index (χ2v) is 20.1. The molecule has 13 heavy (non-hydrogen) atoms. The zero-order valence-corrected chi connectivity index (χ0v) is 12.1. The van der Waals surface area contributed by atoms with Crippen LogP contribution in [0.25, 0.3) is 0 Å². The summed E-state index contributed by atoms with van der Waals surface area (Å²) in [4.78, 5) is 18.3. The number of ether oxygens (including phenoxy) is 1. The Morgan fingerprint density at radius 1 is 1.46 bits per heavy atom. The van der Waals surface area contributed by atoms with Crippen molar-refractivity contribution < 1.29 is 9.53 Å². The Balaban J connectivity index is 3.10.